The number of carboxylic acids is 1. The lowest BCUT2D eigenvalue weighted by Gasteiger charge is -2.41. The van der Waals surface area contributed by atoms with Crippen LogP contribution in [-0.2, 0) is 4.79 Å². The van der Waals surface area contributed by atoms with E-state index in [9.17, 15) is 14.7 Å². The normalized spacial score (nSPS) is 25.5. The van der Waals surface area contributed by atoms with Gasteiger partial charge < -0.3 is 14.9 Å². The van der Waals surface area contributed by atoms with Gasteiger partial charge in [0, 0.05) is 25.7 Å². The first kappa shape index (κ1) is 15.9. The highest BCUT2D eigenvalue weighted by molar-refractivity contribution is 5.79. The van der Waals surface area contributed by atoms with Crippen LogP contribution in [0.1, 0.15) is 45.4 Å². The van der Waals surface area contributed by atoms with Crippen LogP contribution in [0, 0.1) is 5.41 Å². The standard InChI is InChI=1S/C16H26N2O3/c1-3-8-16(14(19)20)9-5-11-17(12-16)15(21)18(10-4-2)13-6-7-13/h4,13H,2-3,5-12H2,1H3,(H,19,20). The van der Waals surface area contributed by atoms with Crippen LogP contribution < -0.4 is 0 Å². The highest BCUT2D eigenvalue weighted by Crippen LogP contribution is 2.36. The number of likely N-dealkylation sites (tertiary alicyclic amines) is 1. The third kappa shape index (κ3) is 3.39. The predicted octanol–water partition coefficient (Wildman–Crippen LogP) is 2.72. The number of carboxylic acid groups (broad SMARTS) is 1. The number of aliphatic carboxylic acids is 1. The smallest absolute Gasteiger partial charge is 0.320 e. The van der Waals surface area contributed by atoms with E-state index in [1.807, 2.05) is 11.8 Å². The second kappa shape index (κ2) is 6.50. The maximum Gasteiger partial charge on any atom is 0.320 e. The van der Waals surface area contributed by atoms with Crippen LogP contribution in [0.2, 0.25) is 0 Å². The predicted molar refractivity (Wildman–Crippen MR) is 81.1 cm³/mol. The maximum atomic E-state index is 12.7. The summed E-state index contributed by atoms with van der Waals surface area (Å²) in [4.78, 5) is 28.0. The van der Waals surface area contributed by atoms with Crippen LogP contribution in [0.15, 0.2) is 12.7 Å². The fraction of sp³-hybridized carbons (Fsp3) is 0.750. The number of amides is 2. The summed E-state index contributed by atoms with van der Waals surface area (Å²) in [6.45, 7) is 7.27. The van der Waals surface area contributed by atoms with Crippen LogP contribution in [-0.4, -0.2) is 52.6 Å². The first-order valence-corrected chi connectivity index (χ1v) is 7.94. The van der Waals surface area contributed by atoms with E-state index >= 15 is 0 Å². The second-order valence-corrected chi connectivity index (χ2v) is 6.32. The number of urea groups is 1. The Kier molecular flexibility index (Phi) is 4.91. The zero-order valence-corrected chi connectivity index (χ0v) is 12.9. The molecule has 1 aliphatic heterocycles. The quantitative estimate of drug-likeness (QED) is 0.766. The van der Waals surface area contributed by atoms with Gasteiger partial charge in [0.2, 0.25) is 0 Å². The minimum absolute atomic E-state index is 0.0150. The van der Waals surface area contributed by atoms with Gasteiger partial charge >= 0.3 is 12.0 Å². The molecule has 0 spiro atoms. The van der Waals surface area contributed by atoms with E-state index in [0.29, 0.717) is 38.5 Å². The van der Waals surface area contributed by atoms with Gasteiger partial charge in [-0.2, -0.15) is 0 Å². The number of hydrogen-bond donors (Lipinski definition) is 1. The molecule has 1 aliphatic carbocycles. The van der Waals surface area contributed by atoms with Gasteiger partial charge in [-0.05, 0) is 32.1 Å². The van der Waals surface area contributed by atoms with E-state index in [0.717, 1.165) is 25.7 Å². The molecule has 2 aliphatic rings. The van der Waals surface area contributed by atoms with Crippen LogP contribution >= 0.6 is 0 Å². The maximum absolute atomic E-state index is 12.7. The van der Waals surface area contributed by atoms with Crippen molar-refractivity contribution >= 4 is 12.0 Å². The van der Waals surface area contributed by atoms with Crippen LogP contribution in [0.4, 0.5) is 4.79 Å². The lowest BCUT2D eigenvalue weighted by Crippen LogP contribution is -2.54. The molecule has 1 saturated heterocycles. The Morgan fingerprint density at radius 3 is 2.71 bits per heavy atom. The number of piperidine rings is 1. The van der Waals surface area contributed by atoms with Gasteiger partial charge in [-0.3, -0.25) is 4.79 Å². The Morgan fingerprint density at radius 2 is 2.19 bits per heavy atom. The molecular weight excluding hydrogens is 268 g/mol. The molecule has 118 valence electrons. The first-order chi connectivity index (χ1) is 10.0. The Bertz CT molecular complexity index is 416. The third-order valence-corrected chi connectivity index (χ3v) is 4.59. The molecule has 5 nitrogen and oxygen atoms in total. The minimum atomic E-state index is -0.761. The molecule has 1 unspecified atom stereocenters. The van der Waals surface area contributed by atoms with E-state index < -0.39 is 11.4 Å². The molecule has 1 heterocycles. The molecule has 1 saturated carbocycles. The molecule has 1 atom stereocenters. The monoisotopic (exact) mass is 294 g/mol. The van der Waals surface area contributed by atoms with Crippen molar-refractivity contribution in [2.45, 2.75) is 51.5 Å². The zero-order valence-electron chi connectivity index (χ0n) is 12.9. The van der Waals surface area contributed by atoms with Gasteiger partial charge in [0.05, 0.1) is 5.41 Å². The topological polar surface area (TPSA) is 60.9 Å². The summed E-state index contributed by atoms with van der Waals surface area (Å²) in [5.74, 6) is -0.761. The van der Waals surface area contributed by atoms with Gasteiger partial charge in [-0.1, -0.05) is 19.4 Å². The van der Waals surface area contributed by atoms with Crippen molar-refractivity contribution in [2.24, 2.45) is 5.41 Å². The Labute approximate surface area is 126 Å². The Hall–Kier alpha value is -1.52. The van der Waals surface area contributed by atoms with Crippen molar-refractivity contribution < 1.29 is 14.7 Å². The fourth-order valence-corrected chi connectivity index (χ4v) is 3.35. The van der Waals surface area contributed by atoms with E-state index in [1.54, 1.807) is 11.0 Å². The minimum Gasteiger partial charge on any atom is -0.481 e. The van der Waals surface area contributed by atoms with Crippen molar-refractivity contribution in [3.8, 4) is 0 Å². The first-order valence-electron chi connectivity index (χ1n) is 7.94. The number of carbonyl (C=O) groups excluding carboxylic acids is 1. The average Bonchev–Trinajstić information content (AvgIpc) is 3.29. The van der Waals surface area contributed by atoms with E-state index in [1.165, 1.54) is 0 Å². The lowest BCUT2D eigenvalue weighted by atomic mass is 9.76. The fourth-order valence-electron chi connectivity index (χ4n) is 3.35. The average molecular weight is 294 g/mol. The molecule has 2 fully saturated rings. The number of rotatable bonds is 6. The van der Waals surface area contributed by atoms with Crippen molar-refractivity contribution in [1.29, 1.82) is 0 Å². The van der Waals surface area contributed by atoms with Crippen molar-refractivity contribution in [2.75, 3.05) is 19.6 Å². The second-order valence-electron chi connectivity index (χ2n) is 6.32. The summed E-state index contributed by atoms with van der Waals surface area (Å²) in [6.07, 6.45) is 6.75. The molecule has 0 bridgehead atoms. The molecule has 1 N–H and O–H groups in total. The number of carbonyl (C=O) groups is 2. The van der Waals surface area contributed by atoms with E-state index in [-0.39, 0.29) is 6.03 Å². The molecule has 5 heteroatoms. The van der Waals surface area contributed by atoms with E-state index in [4.69, 9.17) is 0 Å². The summed E-state index contributed by atoms with van der Waals surface area (Å²) in [6, 6.07) is 0.307. The molecule has 21 heavy (non-hydrogen) atoms. The van der Waals surface area contributed by atoms with Crippen LogP contribution in [0.3, 0.4) is 0 Å². The molecule has 2 rings (SSSR count). The van der Waals surface area contributed by atoms with Gasteiger partial charge in [0.25, 0.3) is 0 Å². The molecule has 0 radical (unpaired) electrons. The van der Waals surface area contributed by atoms with Crippen molar-refractivity contribution in [3.63, 3.8) is 0 Å². The summed E-state index contributed by atoms with van der Waals surface area (Å²) in [5, 5.41) is 9.62. The Morgan fingerprint density at radius 1 is 1.48 bits per heavy atom. The van der Waals surface area contributed by atoms with Gasteiger partial charge in [-0.15, -0.1) is 6.58 Å². The number of hydrogen-bond acceptors (Lipinski definition) is 2. The SMILES string of the molecule is C=CCN(C(=O)N1CCCC(CCC)(C(=O)O)C1)C1CC1. The van der Waals surface area contributed by atoms with Crippen LogP contribution in [0.5, 0.6) is 0 Å². The Balaban J connectivity index is 2.09. The van der Waals surface area contributed by atoms with Gasteiger partial charge in [-0.25, -0.2) is 4.79 Å². The molecular formula is C16H26N2O3. The largest absolute Gasteiger partial charge is 0.481 e. The molecule has 2 amide bonds. The summed E-state index contributed by atoms with van der Waals surface area (Å²) in [7, 11) is 0. The molecule has 0 aromatic rings. The van der Waals surface area contributed by atoms with Gasteiger partial charge in [0.1, 0.15) is 0 Å². The highest BCUT2D eigenvalue weighted by Gasteiger charge is 2.44. The van der Waals surface area contributed by atoms with Crippen molar-refractivity contribution in [1.82, 2.24) is 9.80 Å². The molecule has 0 aromatic heterocycles. The van der Waals surface area contributed by atoms with Crippen molar-refractivity contribution in [3.05, 3.63) is 12.7 Å². The van der Waals surface area contributed by atoms with Crippen LogP contribution in [0.25, 0.3) is 0 Å². The zero-order chi connectivity index (χ0) is 15.5. The number of nitrogens with zero attached hydrogens (tertiary/aromatic N) is 2. The summed E-state index contributed by atoms with van der Waals surface area (Å²) in [5.41, 5.74) is -0.758. The summed E-state index contributed by atoms with van der Waals surface area (Å²) >= 11 is 0. The highest BCUT2D eigenvalue weighted by atomic mass is 16.4. The van der Waals surface area contributed by atoms with Gasteiger partial charge in [0.15, 0.2) is 0 Å². The third-order valence-electron chi connectivity index (χ3n) is 4.59. The lowest BCUT2D eigenvalue weighted by molar-refractivity contribution is -0.152. The van der Waals surface area contributed by atoms with E-state index in [2.05, 4.69) is 6.58 Å². The summed E-state index contributed by atoms with van der Waals surface area (Å²) < 4.78 is 0. The molecule has 0 aromatic carbocycles.